The maximum Gasteiger partial charge on any atom is 0.325 e. The summed E-state index contributed by atoms with van der Waals surface area (Å²) in [5.41, 5.74) is -1.15. The molecule has 1 atom stereocenters. The molecule has 4 amide bonds. The molecule has 8 heteroatoms. The SMILES string of the molecule is CC1(c2ccc(F)cc2Cl)NC(=O)N(CC(=O)NC2CC2)C1=O. The number of hydrogen-bond donors (Lipinski definition) is 2. The molecule has 1 heterocycles. The van der Waals surface area contributed by atoms with E-state index in [0.29, 0.717) is 0 Å². The fourth-order valence-electron chi connectivity index (χ4n) is 2.56. The van der Waals surface area contributed by atoms with Crippen molar-refractivity contribution < 1.29 is 18.8 Å². The van der Waals surface area contributed by atoms with E-state index in [1.165, 1.54) is 13.0 Å². The number of halogens is 2. The Hall–Kier alpha value is -2.15. The van der Waals surface area contributed by atoms with Crippen molar-refractivity contribution in [1.82, 2.24) is 15.5 Å². The molecule has 1 aliphatic carbocycles. The lowest BCUT2D eigenvalue weighted by Crippen LogP contribution is -2.43. The first-order chi connectivity index (χ1) is 10.8. The first-order valence-electron chi connectivity index (χ1n) is 7.20. The molecule has 1 saturated carbocycles. The molecule has 1 aromatic rings. The van der Waals surface area contributed by atoms with Crippen molar-refractivity contribution in [2.45, 2.75) is 31.3 Å². The van der Waals surface area contributed by atoms with E-state index in [-0.39, 0.29) is 29.1 Å². The smallest absolute Gasteiger partial charge is 0.325 e. The Morgan fingerprint density at radius 2 is 2.17 bits per heavy atom. The van der Waals surface area contributed by atoms with Gasteiger partial charge in [-0.05, 0) is 31.9 Å². The average molecular weight is 340 g/mol. The van der Waals surface area contributed by atoms with Crippen LogP contribution in [0.25, 0.3) is 0 Å². The summed E-state index contributed by atoms with van der Waals surface area (Å²) in [6, 6.07) is 3.05. The van der Waals surface area contributed by atoms with E-state index in [1.807, 2.05) is 0 Å². The zero-order valence-corrected chi connectivity index (χ0v) is 13.1. The fourth-order valence-corrected chi connectivity index (χ4v) is 2.92. The topological polar surface area (TPSA) is 78.5 Å². The fraction of sp³-hybridized carbons (Fsp3) is 0.400. The van der Waals surface area contributed by atoms with Crippen LogP contribution in [0.4, 0.5) is 9.18 Å². The van der Waals surface area contributed by atoms with Gasteiger partial charge in [-0.2, -0.15) is 0 Å². The van der Waals surface area contributed by atoms with Gasteiger partial charge in [-0.3, -0.25) is 14.5 Å². The second kappa shape index (κ2) is 5.49. The van der Waals surface area contributed by atoms with Gasteiger partial charge in [0.1, 0.15) is 17.9 Å². The van der Waals surface area contributed by atoms with E-state index in [0.717, 1.165) is 29.9 Å². The van der Waals surface area contributed by atoms with Crippen molar-refractivity contribution >= 4 is 29.4 Å². The van der Waals surface area contributed by atoms with Crippen LogP contribution in [0.3, 0.4) is 0 Å². The lowest BCUT2D eigenvalue weighted by molar-refractivity contribution is -0.134. The maximum atomic E-state index is 13.2. The average Bonchev–Trinajstić information content (AvgIpc) is 3.23. The summed E-state index contributed by atoms with van der Waals surface area (Å²) in [6.07, 6.45) is 1.82. The summed E-state index contributed by atoms with van der Waals surface area (Å²) in [5, 5.41) is 5.28. The first kappa shape index (κ1) is 15.7. The van der Waals surface area contributed by atoms with Crippen molar-refractivity contribution in [3.8, 4) is 0 Å². The van der Waals surface area contributed by atoms with Crippen molar-refractivity contribution in [3.63, 3.8) is 0 Å². The predicted octanol–water partition coefficient (Wildman–Crippen LogP) is 1.52. The molecule has 0 radical (unpaired) electrons. The molecular weight excluding hydrogens is 325 g/mol. The standard InChI is InChI=1S/C15H15ClFN3O3/c1-15(10-5-2-8(17)6-11(10)16)13(22)20(14(23)19-15)7-12(21)18-9-3-4-9/h2,5-6,9H,3-4,7H2,1H3,(H,18,21)(H,19,23). The Morgan fingerprint density at radius 3 is 2.78 bits per heavy atom. The van der Waals surface area contributed by atoms with Gasteiger partial charge >= 0.3 is 6.03 Å². The Balaban J connectivity index is 1.82. The number of nitrogens with one attached hydrogen (secondary N) is 2. The molecule has 2 fully saturated rings. The Morgan fingerprint density at radius 1 is 1.48 bits per heavy atom. The molecule has 1 aliphatic heterocycles. The molecule has 2 aliphatic rings. The highest BCUT2D eigenvalue weighted by Crippen LogP contribution is 2.33. The van der Waals surface area contributed by atoms with Crippen LogP contribution in [0.2, 0.25) is 5.02 Å². The number of rotatable bonds is 4. The number of urea groups is 1. The Kier molecular flexibility index (Phi) is 3.75. The number of hydrogen-bond acceptors (Lipinski definition) is 3. The molecule has 1 unspecified atom stereocenters. The summed E-state index contributed by atoms with van der Waals surface area (Å²) in [4.78, 5) is 37.4. The minimum absolute atomic E-state index is 0.0328. The largest absolute Gasteiger partial charge is 0.352 e. The molecule has 0 aromatic heterocycles. The van der Waals surface area contributed by atoms with Crippen LogP contribution in [-0.2, 0) is 15.1 Å². The maximum absolute atomic E-state index is 13.2. The Bertz CT molecular complexity index is 707. The Labute approximate surface area is 137 Å². The third kappa shape index (κ3) is 2.88. The number of carbonyl (C=O) groups excluding carboxylic acids is 3. The summed E-state index contributed by atoms with van der Waals surface area (Å²) < 4.78 is 13.2. The minimum atomic E-state index is -1.43. The van der Waals surface area contributed by atoms with Gasteiger partial charge in [-0.15, -0.1) is 0 Å². The van der Waals surface area contributed by atoms with Crippen molar-refractivity contribution in [2.75, 3.05) is 6.54 Å². The predicted molar refractivity (Wildman–Crippen MR) is 80.2 cm³/mol. The minimum Gasteiger partial charge on any atom is -0.352 e. The van der Waals surface area contributed by atoms with Crippen LogP contribution in [0.1, 0.15) is 25.3 Å². The lowest BCUT2D eigenvalue weighted by Gasteiger charge is -2.23. The summed E-state index contributed by atoms with van der Waals surface area (Å²) >= 11 is 6.00. The van der Waals surface area contributed by atoms with Crippen LogP contribution >= 0.6 is 11.6 Å². The molecule has 0 bridgehead atoms. The van der Waals surface area contributed by atoms with Crippen LogP contribution in [0.15, 0.2) is 18.2 Å². The van der Waals surface area contributed by atoms with Gasteiger partial charge in [0.25, 0.3) is 5.91 Å². The van der Waals surface area contributed by atoms with Gasteiger partial charge in [0, 0.05) is 16.6 Å². The van der Waals surface area contributed by atoms with Crippen LogP contribution < -0.4 is 10.6 Å². The third-order valence-corrected chi connectivity index (χ3v) is 4.30. The highest BCUT2D eigenvalue weighted by Gasteiger charge is 2.50. The molecular formula is C15H15ClFN3O3. The van der Waals surface area contributed by atoms with Gasteiger partial charge in [0.2, 0.25) is 5.91 Å². The first-order valence-corrected chi connectivity index (χ1v) is 7.58. The van der Waals surface area contributed by atoms with Crippen LogP contribution in [-0.4, -0.2) is 35.3 Å². The number of carbonyl (C=O) groups is 3. The summed E-state index contributed by atoms with van der Waals surface area (Å²) in [7, 11) is 0. The molecule has 1 saturated heterocycles. The highest BCUT2D eigenvalue weighted by molar-refractivity contribution is 6.32. The van der Waals surface area contributed by atoms with E-state index in [1.54, 1.807) is 0 Å². The van der Waals surface area contributed by atoms with Gasteiger partial charge in [-0.1, -0.05) is 17.7 Å². The molecule has 2 N–H and O–H groups in total. The zero-order chi connectivity index (χ0) is 16.8. The quantitative estimate of drug-likeness (QED) is 0.816. The molecule has 23 heavy (non-hydrogen) atoms. The van der Waals surface area contributed by atoms with Gasteiger partial charge in [0.15, 0.2) is 0 Å². The van der Waals surface area contributed by atoms with E-state index in [2.05, 4.69) is 10.6 Å². The number of amides is 4. The molecule has 122 valence electrons. The van der Waals surface area contributed by atoms with Crippen molar-refractivity contribution in [1.29, 1.82) is 0 Å². The van der Waals surface area contributed by atoms with Gasteiger partial charge in [0.05, 0.1) is 0 Å². The van der Waals surface area contributed by atoms with Crippen molar-refractivity contribution in [3.05, 3.63) is 34.6 Å². The number of nitrogens with zero attached hydrogens (tertiary/aromatic N) is 1. The summed E-state index contributed by atoms with van der Waals surface area (Å²) in [5.74, 6) is -1.52. The second-order valence-corrected chi connectivity index (χ2v) is 6.32. The van der Waals surface area contributed by atoms with E-state index in [9.17, 15) is 18.8 Å². The molecule has 6 nitrogen and oxygen atoms in total. The second-order valence-electron chi connectivity index (χ2n) is 5.91. The molecule has 1 aromatic carbocycles. The molecule has 0 spiro atoms. The normalized spacial score (nSPS) is 23.9. The zero-order valence-electron chi connectivity index (χ0n) is 12.4. The van der Waals surface area contributed by atoms with Gasteiger partial charge < -0.3 is 10.6 Å². The van der Waals surface area contributed by atoms with Crippen molar-refractivity contribution in [2.24, 2.45) is 0 Å². The highest BCUT2D eigenvalue weighted by atomic mass is 35.5. The lowest BCUT2D eigenvalue weighted by atomic mass is 9.92. The van der Waals surface area contributed by atoms with Crippen LogP contribution in [0.5, 0.6) is 0 Å². The number of benzene rings is 1. The number of imide groups is 1. The van der Waals surface area contributed by atoms with E-state index in [4.69, 9.17) is 11.6 Å². The monoisotopic (exact) mass is 339 g/mol. The third-order valence-electron chi connectivity index (χ3n) is 3.99. The van der Waals surface area contributed by atoms with Crippen LogP contribution in [0, 0.1) is 5.82 Å². The van der Waals surface area contributed by atoms with Gasteiger partial charge in [-0.25, -0.2) is 9.18 Å². The van der Waals surface area contributed by atoms with E-state index < -0.39 is 23.3 Å². The van der Waals surface area contributed by atoms with E-state index >= 15 is 0 Å². The summed E-state index contributed by atoms with van der Waals surface area (Å²) in [6.45, 7) is 1.13. The molecule has 3 rings (SSSR count).